The molecular formula is C19H38NNaO4S. The Labute approximate surface area is 183 Å². The molecule has 0 spiro atoms. The second-order valence-electron chi connectivity index (χ2n) is 7.07. The molecule has 5 nitrogen and oxygen atoms in total. The maximum Gasteiger partial charge on any atom is 1.00 e. The van der Waals surface area contributed by atoms with Crippen molar-refractivity contribution in [3.05, 3.63) is 0 Å². The fourth-order valence-corrected chi connectivity index (χ4v) is 3.44. The van der Waals surface area contributed by atoms with Gasteiger partial charge in [0.1, 0.15) is 0 Å². The van der Waals surface area contributed by atoms with Gasteiger partial charge in [-0.2, -0.15) is 0 Å². The smallest absolute Gasteiger partial charge is 0.748 e. The third kappa shape index (κ3) is 20.7. The molecule has 0 aliphatic rings. The Morgan fingerprint density at radius 2 is 1.27 bits per heavy atom. The number of rotatable bonds is 17. The summed E-state index contributed by atoms with van der Waals surface area (Å²) in [5, 5.41) is 0. The molecule has 0 saturated carbocycles. The predicted molar refractivity (Wildman–Crippen MR) is 103 cm³/mol. The molecule has 0 radical (unpaired) electrons. The van der Waals surface area contributed by atoms with Crippen LogP contribution >= 0.6 is 0 Å². The molecule has 0 N–H and O–H groups in total. The minimum Gasteiger partial charge on any atom is -0.748 e. The van der Waals surface area contributed by atoms with Crippen molar-refractivity contribution >= 4 is 16.0 Å². The molecule has 0 unspecified atom stereocenters. The molecule has 0 aromatic carbocycles. The van der Waals surface area contributed by atoms with E-state index in [1.54, 1.807) is 11.9 Å². The zero-order valence-electron chi connectivity index (χ0n) is 17.3. The van der Waals surface area contributed by atoms with Gasteiger partial charge in [-0.25, -0.2) is 8.42 Å². The first-order valence-corrected chi connectivity index (χ1v) is 11.6. The summed E-state index contributed by atoms with van der Waals surface area (Å²) in [6.07, 6.45) is 15.3. The first-order valence-electron chi connectivity index (χ1n) is 10.0. The molecule has 0 aliphatic carbocycles. The largest absolute Gasteiger partial charge is 1.00 e. The van der Waals surface area contributed by atoms with E-state index in [1.807, 2.05) is 0 Å². The van der Waals surface area contributed by atoms with Crippen molar-refractivity contribution in [3.63, 3.8) is 0 Å². The van der Waals surface area contributed by atoms with Crippen molar-refractivity contribution < 1.29 is 47.3 Å². The van der Waals surface area contributed by atoms with E-state index in [2.05, 4.69) is 6.92 Å². The Morgan fingerprint density at radius 3 is 1.73 bits per heavy atom. The Balaban J connectivity index is 0. The molecule has 0 heterocycles. The minimum atomic E-state index is -4.13. The van der Waals surface area contributed by atoms with Gasteiger partial charge >= 0.3 is 29.6 Å². The van der Waals surface area contributed by atoms with E-state index in [0.717, 1.165) is 12.8 Å². The average Bonchev–Trinajstić information content (AvgIpc) is 2.55. The van der Waals surface area contributed by atoms with E-state index in [1.165, 1.54) is 57.8 Å². The summed E-state index contributed by atoms with van der Waals surface area (Å²) in [4.78, 5) is 13.6. The molecule has 0 rings (SSSR count). The van der Waals surface area contributed by atoms with Crippen LogP contribution in [0.5, 0.6) is 0 Å². The Morgan fingerprint density at radius 1 is 0.808 bits per heavy atom. The van der Waals surface area contributed by atoms with Crippen LogP contribution in [0.25, 0.3) is 0 Å². The summed E-state index contributed by atoms with van der Waals surface area (Å²) in [5.74, 6) is -0.228. The van der Waals surface area contributed by atoms with Crippen LogP contribution in [0.15, 0.2) is 0 Å². The number of nitrogens with zero attached hydrogens (tertiary/aromatic N) is 1. The van der Waals surface area contributed by atoms with Crippen LogP contribution in [0, 0.1) is 0 Å². The summed E-state index contributed by atoms with van der Waals surface area (Å²) >= 11 is 0. The zero-order chi connectivity index (χ0) is 19.0. The Bertz CT molecular complexity index is 429. The van der Waals surface area contributed by atoms with Crippen molar-refractivity contribution in [2.75, 3.05) is 19.3 Å². The molecular weight excluding hydrogens is 361 g/mol. The fraction of sp³-hybridized carbons (Fsp3) is 0.947. The van der Waals surface area contributed by atoms with Crippen LogP contribution in [0.2, 0.25) is 0 Å². The van der Waals surface area contributed by atoms with E-state index in [9.17, 15) is 17.8 Å². The Hall–Kier alpha value is 0.380. The van der Waals surface area contributed by atoms with Crippen LogP contribution in [-0.4, -0.2) is 43.1 Å². The van der Waals surface area contributed by atoms with Gasteiger partial charge in [-0.1, -0.05) is 71.1 Å². The van der Waals surface area contributed by atoms with E-state index in [4.69, 9.17) is 0 Å². The summed E-state index contributed by atoms with van der Waals surface area (Å²) < 4.78 is 31.5. The third-order valence-electron chi connectivity index (χ3n) is 4.56. The molecule has 0 atom stereocenters. The number of carbonyl (C=O) groups excluding carboxylic acids is 1. The van der Waals surface area contributed by atoms with Crippen molar-refractivity contribution in [1.29, 1.82) is 0 Å². The number of amides is 1. The van der Waals surface area contributed by atoms with Crippen molar-refractivity contribution in [2.45, 2.75) is 96.8 Å². The standard InChI is InChI=1S/C19H39NO4S.Na/c1-3-4-5-6-7-8-9-10-11-12-13-16-19(21)20(2)17-14-15-18-25(22,23)24;/h3-18H2,1-2H3,(H,22,23,24);/q;+1/p-1. The summed E-state index contributed by atoms with van der Waals surface area (Å²) in [6.45, 7) is 2.76. The molecule has 0 aromatic heterocycles. The topological polar surface area (TPSA) is 77.5 Å². The van der Waals surface area contributed by atoms with Crippen LogP contribution in [0.1, 0.15) is 96.8 Å². The van der Waals surface area contributed by atoms with Crippen LogP contribution in [0.4, 0.5) is 0 Å². The molecule has 26 heavy (non-hydrogen) atoms. The molecule has 1 amide bonds. The molecule has 0 bridgehead atoms. The quantitative estimate of drug-likeness (QED) is 0.211. The summed E-state index contributed by atoms with van der Waals surface area (Å²) in [7, 11) is -2.39. The predicted octanol–water partition coefficient (Wildman–Crippen LogP) is 1.48. The van der Waals surface area contributed by atoms with Crippen molar-refractivity contribution in [1.82, 2.24) is 4.90 Å². The second kappa shape index (κ2) is 18.7. The maximum atomic E-state index is 11.9. The van der Waals surface area contributed by atoms with Crippen LogP contribution < -0.4 is 29.6 Å². The summed E-state index contributed by atoms with van der Waals surface area (Å²) in [5.41, 5.74) is 0. The fourth-order valence-electron chi connectivity index (χ4n) is 2.88. The number of hydrogen-bond donors (Lipinski definition) is 0. The third-order valence-corrected chi connectivity index (χ3v) is 5.35. The SMILES string of the molecule is CCCCCCCCCCCCCC(=O)N(C)CCCCS(=O)(=O)[O-].[Na+]. The van der Waals surface area contributed by atoms with Gasteiger partial charge in [-0.3, -0.25) is 4.79 Å². The zero-order valence-corrected chi connectivity index (χ0v) is 20.1. The van der Waals surface area contributed by atoms with Gasteiger partial charge in [0.05, 0.1) is 10.1 Å². The van der Waals surface area contributed by atoms with E-state index in [0.29, 0.717) is 25.8 Å². The van der Waals surface area contributed by atoms with E-state index >= 15 is 0 Å². The molecule has 7 heteroatoms. The molecule has 0 fully saturated rings. The first-order chi connectivity index (χ1) is 11.9. The van der Waals surface area contributed by atoms with Gasteiger partial charge in [0.15, 0.2) is 0 Å². The van der Waals surface area contributed by atoms with Crippen LogP contribution in [0.3, 0.4) is 0 Å². The monoisotopic (exact) mass is 399 g/mol. The number of hydrogen-bond acceptors (Lipinski definition) is 4. The van der Waals surface area contributed by atoms with Gasteiger partial charge < -0.3 is 9.45 Å². The molecule has 150 valence electrons. The number of carbonyl (C=O) groups is 1. The Kier molecular flexibility index (Phi) is 20.6. The second-order valence-corrected chi connectivity index (χ2v) is 8.59. The molecule has 0 aliphatic heterocycles. The normalized spacial score (nSPS) is 11.2. The van der Waals surface area contributed by atoms with Gasteiger partial charge in [-0.05, 0) is 19.3 Å². The maximum absolute atomic E-state index is 11.9. The first kappa shape index (κ1) is 28.6. The minimum absolute atomic E-state index is 0. The molecule has 0 saturated heterocycles. The van der Waals surface area contributed by atoms with Gasteiger partial charge in [-0.15, -0.1) is 0 Å². The van der Waals surface area contributed by atoms with Gasteiger partial charge in [0.25, 0.3) is 0 Å². The number of unbranched alkanes of at least 4 members (excludes halogenated alkanes) is 11. The van der Waals surface area contributed by atoms with E-state index in [-0.39, 0.29) is 41.2 Å². The van der Waals surface area contributed by atoms with E-state index < -0.39 is 10.1 Å². The van der Waals surface area contributed by atoms with Crippen molar-refractivity contribution in [2.24, 2.45) is 0 Å². The van der Waals surface area contributed by atoms with Crippen molar-refractivity contribution in [3.8, 4) is 0 Å². The van der Waals surface area contributed by atoms with Gasteiger partial charge in [0.2, 0.25) is 5.91 Å². The van der Waals surface area contributed by atoms with Gasteiger partial charge in [0, 0.05) is 25.8 Å². The van der Waals surface area contributed by atoms with Crippen LogP contribution in [-0.2, 0) is 14.9 Å². The average molecular weight is 400 g/mol. The summed E-state index contributed by atoms with van der Waals surface area (Å²) in [6, 6.07) is 0. The molecule has 0 aromatic rings.